The highest BCUT2D eigenvalue weighted by atomic mass is 16.5. The zero-order valence-electron chi connectivity index (χ0n) is 20.2. The normalized spacial score (nSPS) is 11.5. The molecule has 0 aliphatic carbocycles. The third-order valence-electron chi connectivity index (χ3n) is 6.18. The van der Waals surface area contributed by atoms with Crippen molar-refractivity contribution in [3.63, 3.8) is 0 Å². The van der Waals surface area contributed by atoms with Gasteiger partial charge < -0.3 is 15.2 Å². The third kappa shape index (κ3) is 6.39. The third-order valence-corrected chi connectivity index (χ3v) is 6.18. The average molecular weight is 480 g/mol. The van der Waals surface area contributed by atoms with E-state index in [2.05, 4.69) is 5.32 Å². The van der Waals surface area contributed by atoms with E-state index in [1.54, 1.807) is 18.2 Å². The van der Waals surface area contributed by atoms with Gasteiger partial charge in [-0.3, -0.25) is 4.79 Å². The second kappa shape index (κ2) is 11.8. The summed E-state index contributed by atoms with van der Waals surface area (Å²) in [5, 5.41) is 12.5. The van der Waals surface area contributed by atoms with Gasteiger partial charge in [-0.2, -0.15) is 0 Å². The number of para-hydroxylation sites is 2. The molecule has 0 saturated carbocycles. The van der Waals surface area contributed by atoms with Crippen LogP contribution in [-0.4, -0.2) is 23.6 Å². The fourth-order valence-electron chi connectivity index (χ4n) is 4.05. The second-order valence-corrected chi connectivity index (χ2v) is 8.66. The van der Waals surface area contributed by atoms with Crippen LogP contribution in [0.1, 0.15) is 45.5 Å². The molecule has 4 aromatic rings. The van der Waals surface area contributed by atoms with Gasteiger partial charge in [-0.25, -0.2) is 4.79 Å². The highest BCUT2D eigenvalue weighted by molar-refractivity contribution is 5.96. The summed E-state index contributed by atoms with van der Waals surface area (Å²) in [6.45, 7) is 2.46. The van der Waals surface area contributed by atoms with E-state index in [4.69, 9.17) is 4.74 Å². The fourth-order valence-corrected chi connectivity index (χ4v) is 4.05. The molecular formula is C31H29NO4. The Morgan fingerprint density at radius 3 is 2.17 bits per heavy atom. The van der Waals surface area contributed by atoms with E-state index < -0.39 is 5.97 Å². The summed E-state index contributed by atoms with van der Waals surface area (Å²) in [6, 6.07) is 32.2. The van der Waals surface area contributed by atoms with Crippen molar-refractivity contribution >= 4 is 17.6 Å². The quantitative estimate of drug-likeness (QED) is 0.278. The zero-order valence-corrected chi connectivity index (χ0v) is 20.2. The monoisotopic (exact) mass is 479 g/mol. The Morgan fingerprint density at radius 2 is 1.44 bits per heavy atom. The number of carbonyl (C=O) groups excluding carboxylic acids is 1. The molecule has 1 atom stereocenters. The van der Waals surface area contributed by atoms with Gasteiger partial charge in [0.05, 0.1) is 18.1 Å². The van der Waals surface area contributed by atoms with Gasteiger partial charge in [-0.05, 0) is 53.4 Å². The number of aromatic carboxylic acids is 1. The smallest absolute Gasteiger partial charge is 0.335 e. The lowest BCUT2D eigenvalue weighted by Gasteiger charge is -2.16. The topological polar surface area (TPSA) is 75.6 Å². The summed E-state index contributed by atoms with van der Waals surface area (Å²) >= 11 is 0. The first-order valence-corrected chi connectivity index (χ1v) is 12.0. The van der Waals surface area contributed by atoms with Gasteiger partial charge >= 0.3 is 5.97 Å². The Labute approximate surface area is 211 Å². The Morgan fingerprint density at radius 1 is 0.806 bits per heavy atom. The van der Waals surface area contributed by atoms with Crippen molar-refractivity contribution in [2.75, 3.05) is 11.9 Å². The van der Waals surface area contributed by atoms with Gasteiger partial charge in [0.1, 0.15) is 5.75 Å². The number of rotatable bonds is 10. The average Bonchev–Trinajstić information content (AvgIpc) is 2.90. The number of hydrogen-bond acceptors (Lipinski definition) is 3. The van der Waals surface area contributed by atoms with Crippen LogP contribution in [0.15, 0.2) is 103 Å². The molecule has 0 aromatic heterocycles. The van der Waals surface area contributed by atoms with E-state index in [0.29, 0.717) is 24.3 Å². The maximum atomic E-state index is 13.1. The molecule has 0 bridgehead atoms. The van der Waals surface area contributed by atoms with E-state index in [1.165, 1.54) is 0 Å². The summed E-state index contributed by atoms with van der Waals surface area (Å²) in [6.07, 6.45) is 1.19. The summed E-state index contributed by atoms with van der Waals surface area (Å²) < 4.78 is 5.77. The molecule has 0 aliphatic rings. The highest BCUT2D eigenvalue weighted by Gasteiger charge is 2.18. The molecule has 0 saturated heterocycles. The molecule has 4 aromatic carbocycles. The van der Waals surface area contributed by atoms with Crippen LogP contribution in [-0.2, 0) is 17.6 Å². The van der Waals surface area contributed by atoms with Crippen LogP contribution in [0.2, 0.25) is 0 Å². The number of amides is 1. The molecule has 2 N–H and O–H groups in total. The predicted molar refractivity (Wildman–Crippen MR) is 142 cm³/mol. The lowest BCUT2D eigenvalue weighted by molar-refractivity contribution is -0.117. The standard InChI is InChI=1S/C31H29NO4/c1-22(24-17-15-23(16-18-24)19-20-36-27-11-3-2-4-12-27)30(33)32-29-14-8-6-10-26(29)21-25-9-5-7-13-28(25)31(34)35/h2-18,22H,19-21H2,1H3,(H,32,33)(H,34,35). The van der Waals surface area contributed by atoms with Crippen molar-refractivity contribution in [3.05, 3.63) is 131 Å². The Bertz CT molecular complexity index is 1320. The lowest BCUT2D eigenvalue weighted by atomic mass is 9.96. The molecule has 0 fully saturated rings. The van der Waals surface area contributed by atoms with Crippen LogP contribution >= 0.6 is 0 Å². The van der Waals surface area contributed by atoms with Crippen molar-refractivity contribution in [2.45, 2.75) is 25.7 Å². The SMILES string of the molecule is CC(C(=O)Nc1ccccc1Cc1ccccc1C(=O)O)c1ccc(CCOc2ccccc2)cc1. The van der Waals surface area contributed by atoms with Crippen LogP contribution in [0.4, 0.5) is 5.69 Å². The lowest BCUT2D eigenvalue weighted by Crippen LogP contribution is -2.20. The predicted octanol–water partition coefficient (Wildman–Crippen LogP) is 6.34. The number of hydrogen-bond donors (Lipinski definition) is 2. The molecule has 0 spiro atoms. The van der Waals surface area contributed by atoms with Crippen LogP contribution in [0, 0.1) is 0 Å². The van der Waals surface area contributed by atoms with Gasteiger partial charge in [0.25, 0.3) is 0 Å². The number of carbonyl (C=O) groups is 2. The minimum Gasteiger partial charge on any atom is -0.493 e. The van der Waals surface area contributed by atoms with E-state index in [-0.39, 0.29) is 17.4 Å². The van der Waals surface area contributed by atoms with Crippen LogP contribution in [0.5, 0.6) is 5.75 Å². The number of carboxylic acid groups (broad SMARTS) is 1. The molecule has 1 unspecified atom stereocenters. The largest absolute Gasteiger partial charge is 0.493 e. The molecule has 4 rings (SSSR count). The number of ether oxygens (including phenoxy) is 1. The second-order valence-electron chi connectivity index (χ2n) is 8.66. The molecule has 0 radical (unpaired) electrons. The number of carboxylic acids is 1. The summed E-state index contributed by atoms with van der Waals surface area (Å²) in [4.78, 5) is 24.7. The van der Waals surface area contributed by atoms with Gasteiger partial charge in [0, 0.05) is 18.5 Å². The van der Waals surface area contributed by atoms with Gasteiger partial charge in [0.15, 0.2) is 0 Å². The number of nitrogens with one attached hydrogen (secondary N) is 1. The van der Waals surface area contributed by atoms with Gasteiger partial charge in [-0.1, -0.05) is 78.9 Å². The summed E-state index contributed by atoms with van der Waals surface area (Å²) in [7, 11) is 0. The number of benzene rings is 4. The molecule has 0 aliphatic heterocycles. The molecule has 1 amide bonds. The Hall–Kier alpha value is -4.38. The van der Waals surface area contributed by atoms with E-state index >= 15 is 0 Å². The molecule has 36 heavy (non-hydrogen) atoms. The Kier molecular flexibility index (Phi) is 8.14. The fraction of sp³-hybridized carbons (Fsp3) is 0.161. The van der Waals surface area contributed by atoms with Gasteiger partial charge in [0.2, 0.25) is 5.91 Å². The molecule has 5 nitrogen and oxygen atoms in total. The minimum atomic E-state index is -0.962. The molecule has 182 valence electrons. The molecule has 5 heteroatoms. The minimum absolute atomic E-state index is 0.117. The van der Waals surface area contributed by atoms with Crippen molar-refractivity contribution in [2.24, 2.45) is 0 Å². The maximum Gasteiger partial charge on any atom is 0.335 e. The highest BCUT2D eigenvalue weighted by Crippen LogP contribution is 2.24. The molecular weight excluding hydrogens is 450 g/mol. The van der Waals surface area contributed by atoms with Crippen LogP contribution in [0.25, 0.3) is 0 Å². The first-order valence-electron chi connectivity index (χ1n) is 12.0. The zero-order chi connectivity index (χ0) is 25.3. The van der Waals surface area contributed by atoms with Crippen molar-refractivity contribution < 1.29 is 19.4 Å². The van der Waals surface area contributed by atoms with Crippen molar-refractivity contribution in [1.82, 2.24) is 0 Å². The van der Waals surface area contributed by atoms with Crippen molar-refractivity contribution in [3.8, 4) is 5.75 Å². The van der Waals surface area contributed by atoms with Gasteiger partial charge in [-0.15, -0.1) is 0 Å². The Balaban J connectivity index is 1.38. The first-order chi connectivity index (χ1) is 17.5. The van der Waals surface area contributed by atoms with E-state index in [9.17, 15) is 14.7 Å². The summed E-state index contributed by atoms with van der Waals surface area (Å²) in [5.41, 5.74) is 4.58. The maximum absolute atomic E-state index is 13.1. The van der Waals surface area contributed by atoms with Crippen molar-refractivity contribution in [1.29, 1.82) is 0 Å². The molecule has 0 heterocycles. The van der Waals surface area contributed by atoms with Crippen LogP contribution in [0.3, 0.4) is 0 Å². The summed E-state index contributed by atoms with van der Waals surface area (Å²) in [5.74, 6) is -0.574. The first kappa shape index (κ1) is 24.7. The van der Waals surface area contributed by atoms with Crippen LogP contribution < -0.4 is 10.1 Å². The van der Waals surface area contributed by atoms with E-state index in [1.807, 2.05) is 91.9 Å². The van der Waals surface area contributed by atoms with E-state index in [0.717, 1.165) is 28.9 Å². The number of anilines is 1.